The largest absolute Gasteiger partial charge is 0.356 e. The monoisotopic (exact) mass is 323 g/mol. The van der Waals surface area contributed by atoms with Crippen LogP contribution in [0.5, 0.6) is 0 Å². The number of fused-ring (bicyclic) bond motifs is 1. The first-order valence-corrected chi connectivity index (χ1v) is 8.41. The van der Waals surface area contributed by atoms with E-state index < -0.39 is 0 Å². The smallest absolute Gasteiger partial charge is 0.293 e. The molecule has 3 heterocycles. The summed E-state index contributed by atoms with van der Waals surface area (Å²) in [6.45, 7) is 2.76. The summed E-state index contributed by atoms with van der Waals surface area (Å²) in [6.07, 6.45) is 4.49. The Morgan fingerprint density at radius 1 is 1.21 bits per heavy atom. The summed E-state index contributed by atoms with van der Waals surface area (Å²) in [7, 11) is 1.94. The van der Waals surface area contributed by atoms with Gasteiger partial charge in [0.15, 0.2) is 6.23 Å². The maximum absolute atomic E-state index is 12.9. The zero-order valence-corrected chi connectivity index (χ0v) is 14.0. The third-order valence-electron chi connectivity index (χ3n) is 4.77. The van der Waals surface area contributed by atoms with Crippen molar-refractivity contribution >= 4 is 10.9 Å². The molecule has 1 aromatic carbocycles. The summed E-state index contributed by atoms with van der Waals surface area (Å²) in [4.78, 5) is 12.9. The van der Waals surface area contributed by atoms with Crippen LogP contribution in [0, 0.1) is 6.92 Å². The molecule has 3 aromatic rings. The van der Waals surface area contributed by atoms with Gasteiger partial charge in [0.1, 0.15) is 5.52 Å². The fourth-order valence-corrected chi connectivity index (χ4v) is 3.40. The zero-order valence-electron chi connectivity index (χ0n) is 14.0. The lowest BCUT2D eigenvalue weighted by molar-refractivity contribution is -0.0421. The molecule has 24 heavy (non-hydrogen) atoms. The Kier molecular flexibility index (Phi) is 3.73. The third-order valence-corrected chi connectivity index (χ3v) is 4.77. The Morgan fingerprint density at radius 2 is 2.00 bits per heavy atom. The van der Waals surface area contributed by atoms with Crippen LogP contribution in [0.2, 0.25) is 0 Å². The lowest BCUT2D eigenvalue weighted by Gasteiger charge is -2.23. The first kappa shape index (κ1) is 15.1. The van der Waals surface area contributed by atoms with Crippen molar-refractivity contribution < 1.29 is 4.74 Å². The first-order valence-electron chi connectivity index (χ1n) is 8.41. The van der Waals surface area contributed by atoms with Gasteiger partial charge in [0.05, 0.1) is 6.20 Å². The van der Waals surface area contributed by atoms with Crippen LogP contribution in [0.1, 0.15) is 31.1 Å². The van der Waals surface area contributed by atoms with Gasteiger partial charge >= 0.3 is 0 Å². The van der Waals surface area contributed by atoms with E-state index in [2.05, 4.69) is 36.3 Å². The van der Waals surface area contributed by atoms with Crippen LogP contribution in [0.3, 0.4) is 0 Å². The number of hydrogen-bond donors (Lipinski definition) is 0. The fourth-order valence-electron chi connectivity index (χ4n) is 3.40. The molecule has 0 bridgehead atoms. The summed E-state index contributed by atoms with van der Waals surface area (Å²) < 4.78 is 9.19. The Bertz CT molecular complexity index is 932. The second-order valence-corrected chi connectivity index (χ2v) is 6.47. The molecule has 0 amide bonds. The minimum Gasteiger partial charge on any atom is -0.356 e. The van der Waals surface area contributed by atoms with E-state index in [0.717, 1.165) is 35.9 Å². The molecule has 2 aromatic heterocycles. The van der Waals surface area contributed by atoms with Gasteiger partial charge in [-0.3, -0.25) is 4.79 Å². The van der Waals surface area contributed by atoms with E-state index >= 15 is 0 Å². The molecule has 1 aliphatic rings. The highest BCUT2D eigenvalue weighted by atomic mass is 16.5. The van der Waals surface area contributed by atoms with E-state index in [0.29, 0.717) is 12.1 Å². The summed E-state index contributed by atoms with van der Waals surface area (Å²) in [5.41, 5.74) is 3.93. The third kappa shape index (κ3) is 2.45. The van der Waals surface area contributed by atoms with Crippen molar-refractivity contribution in [2.75, 3.05) is 6.61 Å². The molecule has 1 fully saturated rings. The van der Waals surface area contributed by atoms with Gasteiger partial charge in [0.2, 0.25) is 0 Å². The number of nitrogens with zero attached hydrogens (tertiary/aromatic N) is 3. The Morgan fingerprint density at radius 3 is 2.71 bits per heavy atom. The van der Waals surface area contributed by atoms with Gasteiger partial charge in [-0.25, -0.2) is 0 Å². The van der Waals surface area contributed by atoms with Crippen molar-refractivity contribution in [2.24, 2.45) is 7.05 Å². The maximum atomic E-state index is 12.9. The lowest BCUT2D eigenvalue weighted by atomic mass is 10.1. The van der Waals surface area contributed by atoms with Gasteiger partial charge in [0, 0.05) is 24.7 Å². The molecule has 4 rings (SSSR count). The minimum atomic E-state index is -0.242. The molecule has 0 spiro atoms. The molecule has 1 aliphatic heterocycles. The fraction of sp³-hybridized carbons (Fsp3) is 0.368. The molecule has 0 saturated carbocycles. The Labute approximate surface area is 140 Å². The van der Waals surface area contributed by atoms with Crippen molar-refractivity contribution in [3.63, 3.8) is 0 Å². The number of rotatable bonds is 2. The van der Waals surface area contributed by atoms with Crippen LogP contribution in [-0.4, -0.2) is 21.0 Å². The highest BCUT2D eigenvalue weighted by molar-refractivity contribution is 5.85. The molecular formula is C19H21N3O2. The zero-order chi connectivity index (χ0) is 16.7. The van der Waals surface area contributed by atoms with Crippen molar-refractivity contribution in [1.29, 1.82) is 0 Å². The summed E-state index contributed by atoms with van der Waals surface area (Å²) in [6, 6.07) is 10.4. The molecule has 1 unspecified atom stereocenters. The van der Waals surface area contributed by atoms with E-state index in [-0.39, 0.29) is 11.8 Å². The van der Waals surface area contributed by atoms with Crippen LogP contribution in [0.25, 0.3) is 22.2 Å². The number of aromatic nitrogens is 3. The molecule has 0 radical (unpaired) electrons. The Hall–Kier alpha value is -2.40. The quantitative estimate of drug-likeness (QED) is 0.726. The number of ether oxygens (including phenoxy) is 1. The van der Waals surface area contributed by atoms with Crippen LogP contribution in [-0.2, 0) is 11.8 Å². The molecule has 0 aliphatic carbocycles. The molecule has 5 nitrogen and oxygen atoms in total. The van der Waals surface area contributed by atoms with Gasteiger partial charge in [-0.2, -0.15) is 9.78 Å². The van der Waals surface area contributed by atoms with Crippen molar-refractivity contribution in [3.8, 4) is 11.3 Å². The van der Waals surface area contributed by atoms with E-state index in [1.807, 2.05) is 17.7 Å². The number of hydrogen-bond acceptors (Lipinski definition) is 3. The van der Waals surface area contributed by atoms with Gasteiger partial charge in [-0.05, 0) is 37.8 Å². The van der Waals surface area contributed by atoms with Crippen LogP contribution < -0.4 is 5.56 Å². The Balaban J connectivity index is 1.85. The van der Waals surface area contributed by atoms with Crippen LogP contribution in [0.4, 0.5) is 0 Å². The summed E-state index contributed by atoms with van der Waals surface area (Å²) in [5, 5.41) is 5.22. The van der Waals surface area contributed by atoms with E-state index in [1.54, 1.807) is 6.20 Å². The normalized spacial score (nSPS) is 18.2. The highest BCUT2D eigenvalue weighted by Gasteiger charge is 2.21. The standard InChI is InChI=1S/C19H21N3O2/c1-13-6-8-14(9-7-13)16-11-15-12-20-22(17-5-3-4-10-24-17)19(23)18(15)21(16)2/h6-9,11-12,17H,3-5,10H2,1-2H3. The van der Waals surface area contributed by atoms with E-state index in [1.165, 1.54) is 10.2 Å². The van der Waals surface area contributed by atoms with Crippen molar-refractivity contribution in [1.82, 2.24) is 14.3 Å². The van der Waals surface area contributed by atoms with Crippen LogP contribution in [0.15, 0.2) is 41.3 Å². The average molecular weight is 323 g/mol. The maximum Gasteiger partial charge on any atom is 0.293 e. The van der Waals surface area contributed by atoms with Gasteiger partial charge in [-0.15, -0.1) is 0 Å². The molecule has 1 atom stereocenters. The van der Waals surface area contributed by atoms with Crippen molar-refractivity contribution in [3.05, 3.63) is 52.4 Å². The van der Waals surface area contributed by atoms with E-state index in [4.69, 9.17) is 4.74 Å². The predicted octanol–water partition coefficient (Wildman–Crippen LogP) is 3.41. The second-order valence-electron chi connectivity index (χ2n) is 6.47. The predicted molar refractivity (Wildman–Crippen MR) is 94.0 cm³/mol. The molecule has 0 N–H and O–H groups in total. The summed E-state index contributed by atoms with van der Waals surface area (Å²) in [5.74, 6) is 0. The van der Waals surface area contributed by atoms with E-state index in [9.17, 15) is 4.79 Å². The molecule has 124 valence electrons. The second kappa shape index (κ2) is 5.91. The SMILES string of the molecule is Cc1ccc(-c2cc3cnn(C4CCCCO4)c(=O)c3n2C)cc1. The lowest BCUT2D eigenvalue weighted by Crippen LogP contribution is -2.31. The van der Waals surface area contributed by atoms with Crippen LogP contribution >= 0.6 is 0 Å². The minimum absolute atomic E-state index is 0.0831. The number of benzene rings is 1. The first-order chi connectivity index (χ1) is 11.6. The van der Waals surface area contributed by atoms with Gasteiger partial charge in [-0.1, -0.05) is 29.8 Å². The summed E-state index contributed by atoms with van der Waals surface area (Å²) >= 11 is 0. The molecular weight excluding hydrogens is 302 g/mol. The van der Waals surface area contributed by atoms with Crippen molar-refractivity contribution in [2.45, 2.75) is 32.4 Å². The average Bonchev–Trinajstić information content (AvgIpc) is 2.94. The molecule has 5 heteroatoms. The van der Waals surface area contributed by atoms with Gasteiger partial charge in [0.25, 0.3) is 5.56 Å². The molecule has 1 saturated heterocycles. The van der Waals surface area contributed by atoms with Gasteiger partial charge < -0.3 is 9.30 Å². The topological polar surface area (TPSA) is 49.1 Å². The number of aryl methyl sites for hydroxylation is 2. The highest BCUT2D eigenvalue weighted by Crippen LogP contribution is 2.26.